The quantitative estimate of drug-likeness (QED) is 0.855. The number of anilines is 1. The van der Waals surface area contributed by atoms with Gasteiger partial charge in [-0.3, -0.25) is 9.59 Å². The van der Waals surface area contributed by atoms with Crippen molar-refractivity contribution < 1.29 is 23.5 Å². The number of carbonyl (C=O) groups excluding carboxylic acids is 2. The van der Waals surface area contributed by atoms with Crippen molar-refractivity contribution >= 4 is 17.4 Å². The second-order valence-corrected chi connectivity index (χ2v) is 5.48. The maximum absolute atomic E-state index is 14.8. The Morgan fingerprint density at radius 3 is 2.48 bits per heavy atom. The van der Waals surface area contributed by atoms with Crippen LogP contribution in [0.3, 0.4) is 0 Å². The van der Waals surface area contributed by atoms with Crippen molar-refractivity contribution in [2.75, 3.05) is 5.32 Å². The number of nitrogens with one attached hydrogen (secondary N) is 1. The topological polar surface area (TPSA) is 66.4 Å². The minimum atomic E-state index is -4.31. The molecule has 1 unspecified atom stereocenters. The van der Waals surface area contributed by atoms with E-state index < -0.39 is 23.2 Å². The van der Waals surface area contributed by atoms with Gasteiger partial charge in [0, 0.05) is 16.8 Å². The molecule has 2 aromatic rings. The number of aliphatic hydroxyl groups is 1. The van der Waals surface area contributed by atoms with Gasteiger partial charge in [-0.2, -0.15) is 8.78 Å². The Morgan fingerprint density at radius 2 is 1.83 bits per heavy atom. The number of hydrogen-bond acceptors (Lipinski definition) is 3. The van der Waals surface area contributed by atoms with Gasteiger partial charge < -0.3 is 10.4 Å². The number of ketones is 1. The highest BCUT2D eigenvalue weighted by Gasteiger charge is 2.67. The normalized spacial score (nSPS) is 20.1. The largest absolute Gasteiger partial charge is 0.370 e. The molecule has 0 spiro atoms. The predicted octanol–water partition coefficient (Wildman–Crippen LogP) is 2.65. The van der Waals surface area contributed by atoms with E-state index in [9.17, 15) is 23.5 Å². The second-order valence-electron chi connectivity index (χ2n) is 5.48. The molecule has 4 nitrogen and oxygen atoms in total. The van der Waals surface area contributed by atoms with Crippen LogP contribution in [0.25, 0.3) is 0 Å². The third-order valence-electron chi connectivity index (χ3n) is 3.92. The zero-order chi connectivity index (χ0) is 16.8. The van der Waals surface area contributed by atoms with Gasteiger partial charge in [0.25, 0.3) is 5.91 Å². The average molecular weight is 317 g/mol. The Labute approximate surface area is 130 Å². The number of carbonyl (C=O) groups is 2. The summed E-state index contributed by atoms with van der Waals surface area (Å²) in [6.07, 6.45) is 0. The smallest absolute Gasteiger partial charge is 0.351 e. The van der Waals surface area contributed by atoms with Crippen molar-refractivity contribution in [3.05, 3.63) is 65.2 Å². The number of alkyl halides is 2. The lowest BCUT2D eigenvalue weighted by molar-refractivity contribution is -0.171. The molecule has 0 radical (unpaired) electrons. The van der Waals surface area contributed by atoms with Gasteiger partial charge in [0.2, 0.25) is 11.4 Å². The van der Waals surface area contributed by atoms with Crippen LogP contribution in [0.1, 0.15) is 21.5 Å². The van der Waals surface area contributed by atoms with E-state index in [4.69, 9.17) is 0 Å². The highest BCUT2D eigenvalue weighted by atomic mass is 19.3. The van der Waals surface area contributed by atoms with Gasteiger partial charge in [-0.25, -0.2) is 0 Å². The number of Topliss-reactive ketones (excluding diaryl/α,β-unsaturated/α-hetero) is 1. The molecule has 0 fully saturated rings. The first-order chi connectivity index (χ1) is 10.8. The van der Waals surface area contributed by atoms with E-state index in [1.54, 1.807) is 19.1 Å². The predicted molar refractivity (Wildman–Crippen MR) is 79.4 cm³/mol. The number of rotatable bonds is 3. The molecule has 6 heteroatoms. The first-order valence-corrected chi connectivity index (χ1v) is 6.91. The van der Waals surface area contributed by atoms with Gasteiger partial charge >= 0.3 is 5.92 Å². The fraction of sp³-hybridized carbons (Fsp3) is 0.176. The molecule has 0 aliphatic carbocycles. The van der Waals surface area contributed by atoms with Crippen molar-refractivity contribution in [2.24, 2.45) is 0 Å². The van der Waals surface area contributed by atoms with Crippen molar-refractivity contribution in [2.45, 2.75) is 18.4 Å². The number of benzene rings is 2. The molecule has 0 saturated carbocycles. The summed E-state index contributed by atoms with van der Waals surface area (Å²) in [7, 11) is 0. The molecule has 1 aliphatic rings. The van der Waals surface area contributed by atoms with Crippen molar-refractivity contribution in [3.8, 4) is 0 Å². The molecule has 0 saturated heterocycles. The summed E-state index contributed by atoms with van der Waals surface area (Å²) >= 11 is 0. The van der Waals surface area contributed by atoms with Gasteiger partial charge in [-0.15, -0.1) is 0 Å². The molecular formula is C17H13F2NO3. The fourth-order valence-corrected chi connectivity index (χ4v) is 2.65. The van der Waals surface area contributed by atoms with Crippen LogP contribution in [0.5, 0.6) is 0 Å². The van der Waals surface area contributed by atoms with E-state index in [-0.39, 0.29) is 16.8 Å². The summed E-state index contributed by atoms with van der Waals surface area (Å²) in [5.74, 6) is -7.23. The molecule has 2 aromatic carbocycles. The second kappa shape index (κ2) is 4.96. The lowest BCUT2D eigenvalue weighted by Gasteiger charge is -2.29. The fourth-order valence-electron chi connectivity index (χ4n) is 2.65. The van der Waals surface area contributed by atoms with Crippen LogP contribution < -0.4 is 5.32 Å². The van der Waals surface area contributed by atoms with Crippen molar-refractivity contribution in [1.82, 2.24) is 0 Å². The first-order valence-electron chi connectivity index (χ1n) is 6.91. The first kappa shape index (κ1) is 15.3. The van der Waals surface area contributed by atoms with E-state index in [0.29, 0.717) is 5.56 Å². The summed E-state index contributed by atoms with van der Waals surface area (Å²) in [6, 6.07) is 11.2. The molecule has 118 valence electrons. The molecule has 3 rings (SSSR count). The maximum atomic E-state index is 14.8. The lowest BCUT2D eigenvalue weighted by Crippen LogP contribution is -2.55. The molecule has 0 aromatic heterocycles. The van der Waals surface area contributed by atoms with E-state index in [1.807, 2.05) is 0 Å². The monoisotopic (exact) mass is 317 g/mol. The van der Waals surface area contributed by atoms with Crippen LogP contribution in [0.15, 0.2) is 48.5 Å². The SMILES string of the molecule is Cc1ccc2c(c1)C(O)(C(F)(F)C(=O)c1ccccc1)C(=O)N2. The highest BCUT2D eigenvalue weighted by molar-refractivity contribution is 6.13. The standard InChI is InChI=1S/C17H13F2NO3/c1-10-7-8-13-12(9-10)16(23,15(22)20-13)17(18,19)14(21)11-5-3-2-4-6-11/h2-9,23H,1H3,(H,20,22). The van der Waals surface area contributed by atoms with Crippen LogP contribution in [-0.2, 0) is 10.4 Å². The third kappa shape index (κ3) is 2.06. The minimum absolute atomic E-state index is 0.0728. The highest BCUT2D eigenvalue weighted by Crippen LogP contribution is 2.47. The van der Waals surface area contributed by atoms with Crippen LogP contribution in [0, 0.1) is 6.92 Å². The zero-order valence-corrected chi connectivity index (χ0v) is 12.1. The van der Waals surface area contributed by atoms with Gasteiger partial charge in [0.1, 0.15) is 0 Å². The average Bonchev–Trinajstić information content (AvgIpc) is 2.80. The van der Waals surface area contributed by atoms with Gasteiger partial charge in [-0.1, -0.05) is 48.0 Å². The summed E-state index contributed by atoms with van der Waals surface area (Å²) in [6.45, 7) is 1.64. The molecule has 1 atom stereocenters. The van der Waals surface area contributed by atoms with Crippen LogP contribution in [0.4, 0.5) is 14.5 Å². The van der Waals surface area contributed by atoms with Crippen LogP contribution in [-0.4, -0.2) is 22.7 Å². The Kier molecular flexibility index (Phi) is 3.30. The Balaban J connectivity index is 2.14. The lowest BCUT2D eigenvalue weighted by atomic mass is 9.83. The molecular weight excluding hydrogens is 304 g/mol. The number of halogens is 2. The Bertz CT molecular complexity index is 805. The molecule has 23 heavy (non-hydrogen) atoms. The Morgan fingerprint density at radius 1 is 1.17 bits per heavy atom. The third-order valence-corrected chi connectivity index (χ3v) is 3.92. The van der Waals surface area contributed by atoms with Gasteiger partial charge in [-0.05, 0) is 13.0 Å². The van der Waals surface area contributed by atoms with Crippen molar-refractivity contribution in [3.63, 3.8) is 0 Å². The van der Waals surface area contributed by atoms with Crippen LogP contribution >= 0.6 is 0 Å². The molecule has 1 amide bonds. The van der Waals surface area contributed by atoms with Gasteiger partial charge in [0.05, 0.1) is 0 Å². The summed E-state index contributed by atoms with van der Waals surface area (Å²) in [5.41, 5.74) is -3.15. The molecule has 2 N–H and O–H groups in total. The zero-order valence-electron chi connectivity index (χ0n) is 12.1. The summed E-state index contributed by atoms with van der Waals surface area (Å²) < 4.78 is 29.6. The maximum Gasteiger partial charge on any atom is 0.351 e. The number of fused-ring (bicyclic) bond motifs is 1. The van der Waals surface area contributed by atoms with E-state index in [2.05, 4.69) is 5.32 Å². The van der Waals surface area contributed by atoms with E-state index >= 15 is 0 Å². The van der Waals surface area contributed by atoms with Crippen molar-refractivity contribution in [1.29, 1.82) is 0 Å². The number of hydrogen-bond donors (Lipinski definition) is 2. The van der Waals surface area contributed by atoms with E-state index in [1.165, 1.54) is 36.4 Å². The number of aryl methyl sites for hydroxylation is 1. The minimum Gasteiger partial charge on any atom is -0.370 e. The summed E-state index contributed by atoms with van der Waals surface area (Å²) in [5, 5.41) is 12.7. The molecule has 0 bridgehead atoms. The molecule has 1 heterocycles. The van der Waals surface area contributed by atoms with Gasteiger partial charge in [0.15, 0.2) is 0 Å². The van der Waals surface area contributed by atoms with E-state index in [0.717, 1.165) is 0 Å². The molecule has 1 aliphatic heterocycles. The summed E-state index contributed by atoms with van der Waals surface area (Å²) in [4.78, 5) is 24.3. The van der Waals surface area contributed by atoms with Crippen LogP contribution in [0.2, 0.25) is 0 Å². The number of amides is 1. The Hall–Kier alpha value is -2.60.